The SMILES string of the molecule is c1ccc2nc(-c3cc(C4CC4)no3)cnc2c1. The molecule has 4 heteroatoms. The van der Waals surface area contributed by atoms with Gasteiger partial charge in [0.05, 0.1) is 22.9 Å². The maximum Gasteiger partial charge on any atom is 0.187 e. The van der Waals surface area contributed by atoms with Crippen LogP contribution in [0.3, 0.4) is 0 Å². The summed E-state index contributed by atoms with van der Waals surface area (Å²) < 4.78 is 5.35. The number of nitrogens with zero attached hydrogens (tertiary/aromatic N) is 3. The minimum absolute atomic E-state index is 0.593. The van der Waals surface area contributed by atoms with E-state index in [0.717, 1.165) is 22.4 Å². The van der Waals surface area contributed by atoms with Crippen LogP contribution in [0.25, 0.3) is 22.5 Å². The summed E-state index contributed by atoms with van der Waals surface area (Å²) in [4.78, 5) is 8.92. The fourth-order valence-electron chi connectivity index (χ4n) is 2.06. The second-order valence-corrected chi connectivity index (χ2v) is 4.63. The van der Waals surface area contributed by atoms with E-state index >= 15 is 0 Å². The van der Waals surface area contributed by atoms with E-state index in [1.165, 1.54) is 12.8 Å². The van der Waals surface area contributed by atoms with Gasteiger partial charge in [0.25, 0.3) is 0 Å². The van der Waals surface area contributed by atoms with Gasteiger partial charge < -0.3 is 4.52 Å². The molecule has 4 nitrogen and oxygen atoms in total. The molecular weight excluding hydrogens is 226 g/mol. The summed E-state index contributed by atoms with van der Waals surface area (Å²) in [5.41, 5.74) is 3.55. The summed E-state index contributed by atoms with van der Waals surface area (Å²) in [6.07, 6.45) is 4.17. The third-order valence-electron chi connectivity index (χ3n) is 3.23. The van der Waals surface area contributed by atoms with Gasteiger partial charge in [-0.2, -0.15) is 0 Å². The highest BCUT2D eigenvalue weighted by Gasteiger charge is 2.27. The van der Waals surface area contributed by atoms with Gasteiger partial charge in [-0.25, -0.2) is 4.98 Å². The molecule has 1 aromatic carbocycles. The number of aromatic nitrogens is 3. The summed E-state index contributed by atoms with van der Waals surface area (Å²) >= 11 is 0. The first-order valence-corrected chi connectivity index (χ1v) is 6.09. The molecule has 0 radical (unpaired) electrons. The van der Waals surface area contributed by atoms with Crippen molar-refractivity contribution in [3.05, 3.63) is 42.2 Å². The molecule has 2 aromatic heterocycles. The Labute approximate surface area is 104 Å². The molecule has 0 saturated heterocycles. The van der Waals surface area contributed by atoms with Gasteiger partial charge in [0.15, 0.2) is 5.76 Å². The normalized spacial score (nSPS) is 15.1. The van der Waals surface area contributed by atoms with Gasteiger partial charge >= 0.3 is 0 Å². The Kier molecular flexibility index (Phi) is 1.97. The zero-order chi connectivity index (χ0) is 11.9. The Morgan fingerprint density at radius 1 is 1.11 bits per heavy atom. The Bertz CT molecular complexity index is 716. The second-order valence-electron chi connectivity index (χ2n) is 4.63. The Hall–Kier alpha value is -2.23. The van der Waals surface area contributed by atoms with Crippen LogP contribution in [-0.4, -0.2) is 15.1 Å². The first-order valence-electron chi connectivity index (χ1n) is 6.09. The Balaban J connectivity index is 1.80. The van der Waals surface area contributed by atoms with Crippen molar-refractivity contribution in [2.45, 2.75) is 18.8 Å². The maximum absolute atomic E-state index is 5.35. The van der Waals surface area contributed by atoms with Crippen LogP contribution in [0.2, 0.25) is 0 Å². The molecule has 0 atom stereocenters. The predicted molar refractivity (Wildman–Crippen MR) is 67.0 cm³/mol. The van der Waals surface area contributed by atoms with Crippen LogP contribution in [0.1, 0.15) is 24.5 Å². The highest BCUT2D eigenvalue weighted by molar-refractivity contribution is 5.76. The largest absolute Gasteiger partial charge is 0.354 e. The summed E-state index contributed by atoms with van der Waals surface area (Å²) in [6.45, 7) is 0. The quantitative estimate of drug-likeness (QED) is 0.687. The van der Waals surface area contributed by atoms with Gasteiger partial charge in [0, 0.05) is 12.0 Å². The van der Waals surface area contributed by atoms with Crippen LogP contribution < -0.4 is 0 Å². The van der Waals surface area contributed by atoms with Gasteiger partial charge in [-0.15, -0.1) is 0 Å². The highest BCUT2D eigenvalue weighted by atomic mass is 16.5. The second kappa shape index (κ2) is 3.63. The fourth-order valence-corrected chi connectivity index (χ4v) is 2.06. The number of hydrogen-bond acceptors (Lipinski definition) is 4. The van der Waals surface area contributed by atoms with Crippen molar-refractivity contribution in [1.29, 1.82) is 0 Å². The zero-order valence-electron chi connectivity index (χ0n) is 9.71. The van der Waals surface area contributed by atoms with Gasteiger partial charge in [0.2, 0.25) is 0 Å². The molecule has 1 saturated carbocycles. The molecule has 0 unspecified atom stereocenters. The van der Waals surface area contributed by atoms with Crippen LogP contribution in [0, 0.1) is 0 Å². The first kappa shape index (κ1) is 9.76. The Morgan fingerprint density at radius 2 is 1.94 bits per heavy atom. The lowest BCUT2D eigenvalue weighted by molar-refractivity contribution is 0.422. The van der Waals surface area contributed by atoms with Crippen molar-refractivity contribution in [2.75, 3.05) is 0 Å². The van der Waals surface area contributed by atoms with Crippen molar-refractivity contribution in [2.24, 2.45) is 0 Å². The van der Waals surface area contributed by atoms with Crippen LogP contribution in [-0.2, 0) is 0 Å². The number of para-hydroxylation sites is 2. The minimum Gasteiger partial charge on any atom is -0.354 e. The van der Waals surface area contributed by atoms with E-state index in [1.807, 2.05) is 30.3 Å². The molecule has 1 aliphatic rings. The summed E-state index contributed by atoms with van der Waals surface area (Å²) in [5.74, 6) is 1.30. The molecule has 0 aliphatic heterocycles. The first-order chi connectivity index (χ1) is 8.90. The summed E-state index contributed by atoms with van der Waals surface area (Å²) in [5, 5.41) is 4.09. The molecule has 18 heavy (non-hydrogen) atoms. The summed E-state index contributed by atoms with van der Waals surface area (Å²) in [7, 11) is 0. The molecule has 2 heterocycles. The lowest BCUT2D eigenvalue weighted by atomic mass is 10.2. The van der Waals surface area contributed by atoms with E-state index in [2.05, 4.69) is 15.1 Å². The number of fused-ring (bicyclic) bond motifs is 1. The molecule has 88 valence electrons. The van der Waals surface area contributed by atoms with E-state index in [4.69, 9.17) is 4.52 Å². The lowest BCUT2D eigenvalue weighted by Gasteiger charge is -1.97. The summed E-state index contributed by atoms with van der Waals surface area (Å²) in [6, 6.07) is 9.79. The van der Waals surface area contributed by atoms with Crippen LogP contribution in [0.5, 0.6) is 0 Å². The number of hydrogen-bond donors (Lipinski definition) is 0. The zero-order valence-corrected chi connectivity index (χ0v) is 9.71. The van der Waals surface area contributed by atoms with Gasteiger partial charge in [-0.05, 0) is 25.0 Å². The molecule has 3 aromatic rings. The van der Waals surface area contributed by atoms with E-state index in [0.29, 0.717) is 11.7 Å². The van der Waals surface area contributed by atoms with Gasteiger partial charge in [-0.1, -0.05) is 17.3 Å². The lowest BCUT2D eigenvalue weighted by Crippen LogP contribution is -1.86. The van der Waals surface area contributed by atoms with E-state index in [-0.39, 0.29) is 0 Å². The predicted octanol–water partition coefficient (Wildman–Crippen LogP) is 3.16. The number of rotatable bonds is 2. The molecule has 0 spiro atoms. The van der Waals surface area contributed by atoms with E-state index in [9.17, 15) is 0 Å². The fraction of sp³-hybridized carbons (Fsp3) is 0.214. The van der Waals surface area contributed by atoms with Crippen molar-refractivity contribution >= 4 is 11.0 Å². The average molecular weight is 237 g/mol. The molecular formula is C14H11N3O. The van der Waals surface area contributed by atoms with Crippen LogP contribution in [0.15, 0.2) is 41.1 Å². The van der Waals surface area contributed by atoms with E-state index in [1.54, 1.807) is 6.20 Å². The van der Waals surface area contributed by atoms with E-state index < -0.39 is 0 Å². The number of benzene rings is 1. The van der Waals surface area contributed by atoms with Crippen molar-refractivity contribution in [3.63, 3.8) is 0 Å². The van der Waals surface area contributed by atoms with Crippen LogP contribution >= 0.6 is 0 Å². The smallest absolute Gasteiger partial charge is 0.187 e. The molecule has 0 N–H and O–H groups in total. The Morgan fingerprint density at radius 3 is 2.78 bits per heavy atom. The molecule has 0 amide bonds. The average Bonchev–Trinajstić information content (AvgIpc) is 3.16. The van der Waals surface area contributed by atoms with Crippen molar-refractivity contribution < 1.29 is 4.52 Å². The maximum atomic E-state index is 5.35. The van der Waals surface area contributed by atoms with Crippen molar-refractivity contribution in [1.82, 2.24) is 15.1 Å². The van der Waals surface area contributed by atoms with Crippen LogP contribution in [0.4, 0.5) is 0 Å². The molecule has 1 fully saturated rings. The molecule has 4 rings (SSSR count). The molecule has 0 bridgehead atoms. The van der Waals surface area contributed by atoms with Gasteiger partial charge in [0.1, 0.15) is 5.69 Å². The monoisotopic (exact) mass is 237 g/mol. The standard InChI is InChI=1S/C14H11N3O/c1-2-4-11-10(3-1)15-8-13(16-11)14-7-12(17-18-14)9-5-6-9/h1-4,7-9H,5-6H2. The molecule has 1 aliphatic carbocycles. The topological polar surface area (TPSA) is 51.8 Å². The third-order valence-corrected chi connectivity index (χ3v) is 3.23. The van der Waals surface area contributed by atoms with Gasteiger partial charge in [-0.3, -0.25) is 4.98 Å². The third kappa shape index (κ3) is 1.57. The highest BCUT2D eigenvalue weighted by Crippen LogP contribution is 2.40. The van der Waals surface area contributed by atoms with Crippen molar-refractivity contribution in [3.8, 4) is 11.5 Å². The minimum atomic E-state index is 0.593.